The molecule has 1 heterocycles. The van der Waals surface area contributed by atoms with Gasteiger partial charge >= 0.3 is 6.18 Å². The number of halogens is 4. The lowest BCUT2D eigenvalue weighted by Crippen LogP contribution is -2.00. The van der Waals surface area contributed by atoms with Crippen LogP contribution in [0.4, 0.5) is 13.2 Å². The van der Waals surface area contributed by atoms with E-state index in [2.05, 4.69) is 6.07 Å². The van der Waals surface area contributed by atoms with E-state index in [4.69, 9.17) is 11.6 Å². The van der Waals surface area contributed by atoms with Crippen LogP contribution in [0.15, 0.2) is 29.6 Å². The molecule has 0 bridgehead atoms. The summed E-state index contributed by atoms with van der Waals surface area (Å²) >= 11 is 6.33. The van der Waals surface area contributed by atoms with E-state index in [0.717, 1.165) is 0 Å². The van der Waals surface area contributed by atoms with Gasteiger partial charge in [0.1, 0.15) is 4.88 Å². The van der Waals surface area contributed by atoms with Crippen LogP contribution < -0.4 is 0 Å². The predicted octanol–water partition coefficient (Wildman–Crippen LogP) is 4.89. The Hall–Kier alpha value is -1.00. The third-order valence-electron chi connectivity index (χ3n) is 1.96. The molecule has 0 aliphatic heterocycles. The quantitative estimate of drug-likeness (QED) is 0.686. The first kappa shape index (κ1) is 11.5. The van der Waals surface area contributed by atoms with E-state index in [1.54, 1.807) is 24.3 Å². The van der Waals surface area contributed by atoms with E-state index < -0.39 is 11.1 Å². The number of hydrogen-bond donors (Lipinski definition) is 0. The number of benzene rings is 1. The third-order valence-corrected chi connectivity index (χ3v) is 3.13. The second-order valence-electron chi connectivity index (χ2n) is 3.11. The first-order valence-corrected chi connectivity index (χ1v) is 5.56. The standard InChI is InChI=1S/C11H5ClF3S/c12-9-3-1-7(2-4-9)8-5-10(16-6-8)11(13,14)15/h1-4,6H. The fourth-order valence-corrected chi connectivity index (χ4v) is 2.07. The zero-order valence-corrected chi connectivity index (χ0v) is 9.38. The van der Waals surface area contributed by atoms with Crippen LogP contribution in [0.3, 0.4) is 0 Å². The Morgan fingerprint density at radius 3 is 2.25 bits per heavy atom. The van der Waals surface area contributed by atoms with Gasteiger partial charge < -0.3 is 0 Å². The maximum atomic E-state index is 12.3. The number of hydrogen-bond acceptors (Lipinski definition) is 1. The summed E-state index contributed by atoms with van der Waals surface area (Å²) in [6.07, 6.45) is -4.32. The Kier molecular flexibility index (Phi) is 2.95. The molecular weight excluding hydrogens is 257 g/mol. The van der Waals surface area contributed by atoms with Crippen molar-refractivity contribution in [2.24, 2.45) is 0 Å². The van der Waals surface area contributed by atoms with Crippen molar-refractivity contribution in [2.45, 2.75) is 6.18 Å². The predicted molar refractivity (Wildman–Crippen MR) is 58.6 cm³/mol. The average molecular weight is 262 g/mol. The Bertz CT molecular complexity index is 485. The summed E-state index contributed by atoms with van der Waals surface area (Å²) in [5, 5.41) is 1.99. The van der Waals surface area contributed by atoms with Crippen LogP contribution in [-0.4, -0.2) is 0 Å². The first-order valence-electron chi connectivity index (χ1n) is 4.31. The fourth-order valence-electron chi connectivity index (χ4n) is 1.21. The monoisotopic (exact) mass is 261 g/mol. The molecule has 1 radical (unpaired) electrons. The molecule has 1 aromatic heterocycles. The van der Waals surface area contributed by atoms with Crippen LogP contribution in [0.2, 0.25) is 5.02 Å². The van der Waals surface area contributed by atoms with Gasteiger partial charge in [0.25, 0.3) is 0 Å². The van der Waals surface area contributed by atoms with E-state index in [9.17, 15) is 13.2 Å². The van der Waals surface area contributed by atoms with Crippen molar-refractivity contribution in [1.29, 1.82) is 0 Å². The van der Waals surface area contributed by atoms with E-state index >= 15 is 0 Å². The van der Waals surface area contributed by atoms with Gasteiger partial charge in [-0.2, -0.15) is 13.2 Å². The lowest BCUT2D eigenvalue weighted by atomic mass is 10.1. The van der Waals surface area contributed by atoms with Crippen LogP contribution in [-0.2, 0) is 6.18 Å². The molecular formula is C11H5ClF3S. The molecule has 83 valence electrons. The normalized spacial score (nSPS) is 11.8. The van der Waals surface area contributed by atoms with Gasteiger partial charge in [-0.05, 0) is 23.1 Å². The molecule has 0 fully saturated rings. The Balaban J connectivity index is 2.35. The van der Waals surface area contributed by atoms with E-state index in [0.29, 0.717) is 27.5 Å². The minimum Gasteiger partial charge on any atom is -0.165 e. The SMILES string of the molecule is FC(F)(F)c1[c]c(-c2ccc(Cl)cc2)cs1. The molecule has 2 aromatic rings. The van der Waals surface area contributed by atoms with Crippen LogP contribution in [0.25, 0.3) is 11.1 Å². The Labute approximate surface area is 99.3 Å². The van der Waals surface area contributed by atoms with Gasteiger partial charge in [-0.1, -0.05) is 23.7 Å². The summed E-state index contributed by atoms with van der Waals surface area (Å²) in [6.45, 7) is 0. The smallest absolute Gasteiger partial charge is 0.165 e. The molecule has 0 nitrogen and oxygen atoms in total. The summed E-state index contributed by atoms with van der Waals surface area (Å²) in [5.74, 6) is 0. The number of alkyl halides is 3. The fraction of sp³-hybridized carbons (Fsp3) is 0.0909. The second-order valence-corrected chi connectivity index (χ2v) is 4.42. The molecule has 0 saturated heterocycles. The van der Waals surface area contributed by atoms with Gasteiger partial charge in [-0.15, -0.1) is 11.3 Å². The number of thiophene rings is 1. The van der Waals surface area contributed by atoms with E-state index in [-0.39, 0.29) is 0 Å². The molecule has 0 unspecified atom stereocenters. The highest BCUT2D eigenvalue weighted by molar-refractivity contribution is 7.10. The van der Waals surface area contributed by atoms with Gasteiger partial charge in [0.2, 0.25) is 0 Å². The zero-order chi connectivity index (χ0) is 11.8. The summed E-state index contributed by atoms with van der Waals surface area (Å²) in [6, 6.07) is 8.94. The van der Waals surface area contributed by atoms with Crippen molar-refractivity contribution < 1.29 is 13.2 Å². The highest BCUT2D eigenvalue weighted by atomic mass is 35.5. The molecule has 0 saturated carbocycles. The van der Waals surface area contributed by atoms with Crippen molar-refractivity contribution in [2.75, 3.05) is 0 Å². The molecule has 0 spiro atoms. The van der Waals surface area contributed by atoms with Crippen LogP contribution in [0.1, 0.15) is 4.88 Å². The van der Waals surface area contributed by atoms with Crippen LogP contribution in [0.5, 0.6) is 0 Å². The van der Waals surface area contributed by atoms with Crippen LogP contribution in [0, 0.1) is 6.07 Å². The van der Waals surface area contributed by atoms with Crippen molar-refractivity contribution in [3.8, 4) is 11.1 Å². The van der Waals surface area contributed by atoms with Crippen molar-refractivity contribution in [3.05, 3.63) is 45.6 Å². The molecule has 0 aliphatic rings. The van der Waals surface area contributed by atoms with E-state index in [1.807, 2.05) is 0 Å². The summed E-state index contributed by atoms with van der Waals surface area (Å²) in [5.41, 5.74) is 1.12. The molecule has 5 heteroatoms. The Morgan fingerprint density at radius 2 is 1.75 bits per heavy atom. The average Bonchev–Trinajstić information content (AvgIpc) is 2.67. The minimum absolute atomic E-state index is 0.439. The minimum atomic E-state index is -4.32. The highest BCUT2D eigenvalue weighted by Gasteiger charge is 2.32. The summed E-state index contributed by atoms with van der Waals surface area (Å²) in [7, 11) is 0. The second kappa shape index (κ2) is 4.11. The summed E-state index contributed by atoms with van der Waals surface area (Å²) in [4.78, 5) is -0.711. The Morgan fingerprint density at radius 1 is 1.12 bits per heavy atom. The molecule has 0 N–H and O–H groups in total. The lowest BCUT2D eigenvalue weighted by Gasteiger charge is -2.00. The largest absolute Gasteiger partial charge is 0.426 e. The maximum Gasteiger partial charge on any atom is 0.426 e. The molecule has 0 atom stereocenters. The van der Waals surface area contributed by atoms with Crippen molar-refractivity contribution in [3.63, 3.8) is 0 Å². The highest BCUT2D eigenvalue weighted by Crippen LogP contribution is 2.36. The van der Waals surface area contributed by atoms with Gasteiger partial charge in [-0.3, -0.25) is 0 Å². The van der Waals surface area contributed by atoms with Gasteiger partial charge in [0.15, 0.2) is 0 Å². The maximum absolute atomic E-state index is 12.3. The van der Waals surface area contributed by atoms with Gasteiger partial charge in [0, 0.05) is 16.7 Å². The molecule has 2 rings (SSSR count). The lowest BCUT2D eigenvalue weighted by molar-refractivity contribution is -0.134. The van der Waals surface area contributed by atoms with Gasteiger partial charge in [-0.25, -0.2) is 0 Å². The van der Waals surface area contributed by atoms with Crippen molar-refractivity contribution >= 4 is 22.9 Å². The topological polar surface area (TPSA) is 0 Å². The number of rotatable bonds is 1. The zero-order valence-electron chi connectivity index (χ0n) is 7.81. The van der Waals surface area contributed by atoms with E-state index in [1.165, 1.54) is 5.38 Å². The van der Waals surface area contributed by atoms with Crippen molar-refractivity contribution in [1.82, 2.24) is 0 Å². The molecule has 1 aromatic carbocycles. The summed E-state index contributed by atoms with van der Waals surface area (Å²) < 4.78 is 37.0. The molecule has 16 heavy (non-hydrogen) atoms. The van der Waals surface area contributed by atoms with Gasteiger partial charge in [0.05, 0.1) is 0 Å². The molecule has 0 aliphatic carbocycles. The van der Waals surface area contributed by atoms with Crippen LogP contribution >= 0.6 is 22.9 Å². The first-order chi connectivity index (χ1) is 7.47. The molecule has 0 amide bonds. The third kappa shape index (κ3) is 2.39.